The van der Waals surface area contributed by atoms with Gasteiger partial charge >= 0.3 is 5.97 Å². The van der Waals surface area contributed by atoms with Gasteiger partial charge in [0.2, 0.25) is 0 Å². The largest absolute Gasteiger partial charge is 0.489 e. The first-order valence-corrected chi connectivity index (χ1v) is 4.66. The Bertz CT molecular complexity index is 392. The average Bonchev–Trinajstić information content (AvgIpc) is 2.17. The summed E-state index contributed by atoms with van der Waals surface area (Å²) >= 11 is 0. The maximum Gasteiger partial charge on any atom is 0.323 e. The first kappa shape index (κ1) is 9.64. The number of ether oxygens (including phenoxy) is 1. The van der Waals surface area contributed by atoms with Gasteiger partial charge in [-0.25, -0.2) is 0 Å². The van der Waals surface area contributed by atoms with E-state index in [1.165, 1.54) is 0 Å². The standard InChI is InChI=1S/C10H12N2O3/c11-7-2-1-3-8-10(7)12(4-5-15-8)6-9(13)14/h1-3H,4-6,11H2,(H,13,14). The fourth-order valence-corrected chi connectivity index (χ4v) is 1.69. The minimum Gasteiger partial charge on any atom is -0.489 e. The molecule has 5 heteroatoms. The number of fused-ring (bicyclic) bond motifs is 1. The van der Waals surface area contributed by atoms with Crippen molar-refractivity contribution in [3.8, 4) is 5.75 Å². The van der Waals surface area contributed by atoms with Crippen molar-refractivity contribution in [2.45, 2.75) is 0 Å². The number of nitrogen functional groups attached to an aromatic ring is 1. The summed E-state index contributed by atoms with van der Waals surface area (Å²) < 4.78 is 5.40. The number of anilines is 2. The molecule has 0 saturated heterocycles. The predicted octanol–water partition coefficient (Wildman–Crippen LogP) is 0.552. The number of carboxylic acids is 1. The van der Waals surface area contributed by atoms with Crippen LogP contribution in [0.1, 0.15) is 0 Å². The molecule has 0 amide bonds. The van der Waals surface area contributed by atoms with E-state index in [2.05, 4.69) is 0 Å². The van der Waals surface area contributed by atoms with Gasteiger partial charge in [-0.1, -0.05) is 6.07 Å². The van der Waals surface area contributed by atoms with E-state index in [-0.39, 0.29) is 6.54 Å². The lowest BCUT2D eigenvalue weighted by Crippen LogP contribution is -2.37. The highest BCUT2D eigenvalue weighted by molar-refractivity contribution is 5.81. The zero-order chi connectivity index (χ0) is 10.8. The monoisotopic (exact) mass is 208 g/mol. The lowest BCUT2D eigenvalue weighted by atomic mass is 10.2. The van der Waals surface area contributed by atoms with Crippen LogP contribution >= 0.6 is 0 Å². The Kier molecular flexibility index (Phi) is 2.37. The summed E-state index contributed by atoms with van der Waals surface area (Å²) in [5, 5.41) is 8.76. The van der Waals surface area contributed by atoms with E-state index >= 15 is 0 Å². The second-order valence-electron chi connectivity index (χ2n) is 3.36. The number of carboxylic acid groups (broad SMARTS) is 1. The number of nitrogens with two attached hydrogens (primary N) is 1. The SMILES string of the molecule is Nc1cccc2c1N(CC(=O)O)CCO2. The molecule has 0 radical (unpaired) electrons. The maximum absolute atomic E-state index is 10.7. The zero-order valence-electron chi connectivity index (χ0n) is 8.14. The lowest BCUT2D eigenvalue weighted by Gasteiger charge is -2.30. The van der Waals surface area contributed by atoms with Crippen molar-refractivity contribution >= 4 is 17.3 Å². The minimum atomic E-state index is -0.869. The number of hydrogen-bond acceptors (Lipinski definition) is 4. The van der Waals surface area contributed by atoms with Crippen molar-refractivity contribution in [2.24, 2.45) is 0 Å². The van der Waals surface area contributed by atoms with Gasteiger partial charge in [-0.05, 0) is 12.1 Å². The number of carbonyl (C=O) groups is 1. The van der Waals surface area contributed by atoms with E-state index in [0.717, 1.165) is 0 Å². The van der Waals surface area contributed by atoms with E-state index in [1.807, 2.05) is 0 Å². The summed E-state index contributed by atoms with van der Waals surface area (Å²) in [6, 6.07) is 5.32. The van der Waals surface area contributed by atoms with Gasteiger partial charge in [-0.2, -0.15) is 0 Å². The molecule has 0 aromatic heterocycles. The molecule has 0 atom stereocenters. The highest BCUT2D eigenvalue weighted by atomic mass is 16.5. The highest BCUT2D eigenvalue weighted by Crippen LogP contribution is 2.36. The molecule has 15 heavy (non-hydrogen) atoms. The third-order valence-corrected chi connectivity index (χ3v) is 2.29. The molecule has 1 aromatic carbocycles. The molecule has 0 saturated carbocycles. The molecule has 1 aliphatic heterocycles. The number of hydrogen-bond donors (Lipinski definition) is 2. The molecule has 80 valence electrons. The van der Waals surface area contributed by atoms with Crippen LogP contribution in [0.3, 0.4) is 0 Å². The molecular weight excluding hydrogens is 196 g/mol. The van der Waals surface area contributed by atoms with Gasteiger partial charge in [0.25, 0.3) is 0 Å². The van der Waals surface area contributed by atoms with E-state index in [0.29, 0.717) is 30.3 Å². The lowest BCUT2D eigenvalue weighted by molar-refractivity contribution is -0.135. The van der Waals surface area contributed by atoms with Crippen LogP contribution in [-0.4, -0.2) is 30.8 Å². The number of benzene rings is 1. The van der Waals surface area contributed by atoms with Crippen molar-refractivity contribution in [3.63, 3.8) is 0 Å². The minimum absolute atomic E-state index is 0.0510. The average molecular weight is 208 g/mol. The van der Waals surface area contributed by atoms with Crippen molar-refractivity contribution in [2.75, 3.05) is 30.3 Å². The van der Waals surface area contributed by atoms with Crippen LogP contribution in [0, 0.1) is 0 Å². The van der Waals surface area contributed by atoms with Gasteiger partial charge in [-0.3, -0.25) is 4.79 Å². The van der Waals surface area contributed by atoms with E-state index < -0.39 is 5.97 Å². The smallest absolute Gasteiger partial charge is 0.323 e. The van der Waals surface area contributed by atoms with E-state index in [4.69, 9.17) is 15.6 Å². The van der Waals surface area contributed by atoms with E-state index in [9.17, 15) is 4.79 Å². The second-order valence-corrected chi connectivity index (χ2v) is 3.36. The first-order valence-electron chi connectivity index (χ1n) is 4.66. The summed E-state index contributed by atoms with van der Waals surface area (Å²) in [5.74, 6) is -0.214. The Morgan fingerprint density at radius 1 is 1.60 bits per heavy atom. The summed E-state index contributed by atoms with van der Waals surface area (Å²) in [7, 11) is 0. The van der Waals surface area contributed by atoms with Gasteiger partial charge in [0.15, 0.2) is 0 Å². The van der Waals surface area contributed by atoms with Gasteiger partial charge in [-0.15, -0.1) is 0 Å². The molecule has 0 fully saturated rings. The number of rotatable bonds is 2. The van der Waals surface area contributed by atoms with Gasteiger partial charge in [0.05, 0.1) is 12.2 Å². The predicted molar refractivity (Wildman–Crippen MR) is 56.2 cm³/mol. The number of nitrogens with zero attached hydrogens (tertiary/aromatic N) is 1. The Labute approximate surface area is 87.1 Å². The zero-order valence-corrected chi connectivity index (χ0v) is 8.14. The second kappa shape index (κ2) is 3.68. The van der Waals surface area contributed by atoms with Crippen LogP contribution in [0.2, 0.25) is 0 Å². The summed E-state index contributed by atoms with van der Waals surface area (Å²) in [6.07, 6.45) is 0. The quantitative estimate of drug-likeness (QED) is 0.694. The van der Waals surface area contributed by atoms with Crippen LogP contribution < -0.4 is 15.4 Å². The normalized spacial score (nSPS) is 14.3. The highest BCUT2D eigenvalue weighted by Gasteiger charge is 2.21. The van der Waals surface area contributed by atoms with Crippen molar-refractivity contribution in [1.29, 1.82) is 0 Å². The molecule has 3 N–H and O–H groups in total. The topological polar surface area (TPSA) is 75.8 Å². The molecular formula is C10H12N2O3. The molecule has 0 aliphatic carbocycles. The first-order chi connectivity index (χ1) is 7.18. The van der Waals surface area contributed by atoms with Crippen LogP contribution in [0.15, 0.2) is 18.2 Å². The fourth-order valence-electron chi connectivity index (χ4n) is 1.69. The Hall–Kier alpha value is -1.91. The number of aliphatic carboxylic acids is 1. The summed E-state index contributed by atoms with van der Waals surface area (Å²) in [6.45, 7) is 0.988. The molecule has 0 spiro atoms. The third-order valence-electron chi connectivity index (χ3n) is 2.29. The molecule has 1 aliphatic rings. The van der Waals surface area contributed by atoms with Crippen molar-refractivity contribution < 1.29 is 14.6 Å². The molecule has 2 rings (SSSR count). The van der Waals surface area contributed by atoms with Crippen LogP contribution in [0.5, 0.6) is 5.75 Å². The Balaban J connectivity index is 2.36. The van der Waals surface area contributed by atoms with Gasteiger partial charge in [0.1, 0.15) is 24.6 Å². The van der Waals surface area contributed by atoms with Crippen molar-refractivity contribution in [1.82, 2.24) is 0 Å². The van der Waals surface area contributed by atoms with Crippen molar-refractivity contribution in [3.05, 3.63) is 18.2 Å². The molecule has 1 aromatic rings. The third kappa shape index (κ3) is 1.81. The summed E-state index contributed by atoms with van der Waals surface area (Å²) in [5.41, 5.74) is 7.03. The van der Waals surface area contributed by atoms with Gasteiger partial charge in [0, 0.05) is 0 Å². The Morgan fingerprint density at radius 2 is 2.40 bits per heavy atom. The molecule has 0 bridgehead atoms. The van der Waals surface area contributed by atoms with E-state index in [1.54, 1.807) is 23.1 Å². The molecule has 1 heterocycles. The molecule has 0 unspecified atom stereocenters. The fraction of sp³-hybridized carbons (Fsp3) is 0.300. The summed E-state index contributed by atoms with van der Waals surface area (Å²) in [4.78, 5) is 12.4. The van der Waals surface area contributed by atoms with Crippen LogP contribution in [0.25, 0.3) is 0 Å². The van der Waals surface area contributed by atoms with Crippen LogP contribution in [0.4, 0.5) is 11.4 Å². The number of para-hydroxylation sites is 1. The van der Waals surface area contributed by atoms with Crippen LogP contribution in [-0.2, 0) is 4.79 Å². The van der Waals surface area contributed by atoms with Gasteiger partial charge < -0.3 is 20.5 Å². The molecule has 5 nitrogen and oxygen atoms in total. The Morgan fingerprint density at radius 3 is 3.13 bits per heavy atom. The maximum atomic E-state index is 10.7.